The van der Waals surface area contributed by atoms with Gasteiger partial charge in [-0.3, -0.25) is 4.98 Å². The number of hydrogen-bond acceptors (Lipinski definition) is 1. The van der Waals surface area contributed by atoms with Crippen molar-refractivity contribution >= 4 is 43.1 Å². The van der Waals surface area contributed by atoms with E-state index in [1.165, 1.54) is 93.2 Å². The Morgan fingerprint density at radius 3 is 1.38 bits per heavy atom. The van der Waals surface area contributed by atoms with Gasteiger partial charge in [0.15, 0.2) is 0 Å². The Bertz CT molecular complexity index is 3020. The van der Waals surface area contributed by atoms with E-state index >= 15 is 0 Å². The number of pyridine rings is 1. The summed E-state index contributed by atoms with van der Waals surface area (Å²) in [7, 11) is 0. The number of fused-ring (bicyclic) bond motifs is 4. The van der Waals surface area contributed by atoms with Crippen LogP contribution in [0.2, 0.25) is 0 Å². The standard InChI is InChI=1S/C54H39N/c1-34-30-35(2)52(36(3)31-34)49-27-28-50(44-15-7-6-14-43(44)49)54-47-18-10-8-16-45(47)53(46-17-9-11-19-48(46)54)39-23-20-38(21-24-39)42-26-29-51(55-33-42)41-25-22-37-12-4-5-13-40(37)32-41/h4-33H,1-3H3. The molecule has 1 nitrogen and oxygen atoms in total. The summed E-state index contributed by atoms with van der Waals surface area (Å²) in [6.45, 7) is 6.66. The van der Waals surface area contributed by atoms with Crippen LogP contribution in [0.5, 0.6) is 0 Å². The lowest BCUT2D eigenvalue weighted by Gasteiger charge is -2.20. The van der Waals surface area contributed by atoms with Crippen molar-refractivity contribution in [3.8, 4) is 55.8 Å². The molecule has 1 aromatic heterocycles. The third kappa shape index (κ3) is 5.59. The van der Waals surface area contributed by atoms with Crippen molar-refractivity contribution in [3.63, 3.8) is 0 Å². The molecule has 0 unspecified atom stereocenters. The zero-order valence-electron chi connectivity index (χ0n) is 31.3. The zero-order valence-corrected chi connectivity index (χ0v) is 31.3. The van der Waals surface area contributed by atoms with Gasteiger partial charge in [0.05, 0.1) is 5.69 Å². The Labute approximate surface area is 322 Å². The monoisotopic (exact) mass is 701 g/mol. The topological polar surface area (TPSA) is 12.9 Å². The van der Waals surface area contributed by atoms with E-state index in [1.54, 1.807) is 0 Å². The predicted molar refractivity (Wildman–Crippen MR) is 236 cm³/mol. The van der Waals surface area contributed by atoms with Gasteiger partial charge in [0.1, 0.15) is 0 Å². The summed E-state index contributed by atoms with van der Waals surface area (Å²) in [6, 6.07) is 64.5. The number of aromatic nitrogens is 1. The summed E-state index contributed by atoms with van der Waals surface area (Å²) in [5.74, 6) is 0. The van der Waals surface area contributed by atoms with E-state index in [4.69, 9.17) is 4.98 Å². The molecule has 0 saturated carbocycles. The molecule has 1 heterocycles. The summed E-state index contributed by atoms with van der Waals surface area (Å²) in [5.41, 5.74) is 15.9. The quantitative estimate of drug-likeness (QED) is 0.163. The Kier molecular flexibility index (Phi) is 7.89. The van der Waals surface area contributed by atoms with Gasteiger partial charge >= 0.3 is 0 Å². The van der Waals surface area contributed by atoms with Crippen LogP contribution in [0.1, 0.15) is 16.7 Å². The van der Waals surface area contributed by atoms with E-state index in [-0.39, 0.29) is 0 Å². The molecule has 0 aliphatic rings. The molecule has 10 aromatic rings. The van der Waals surface area contributed by atoms with Gasteiger partial charge in [-0.25, -0.2) is 0 Å². The molecule has 0 bridgehead atoms. The van der Waals surface area contributed by atoms with Crippen molar-refractivity contribution in [2.75, 3.05) is 0 Å². The van der Waals surface area contributed by atoms with Crippen LogP contribution in [-0.2, 0) is 0 Å². The highest BCUT2D eigenvalue weighted by Crippen LogP contribution is 2.47. The molecular formula is C54H39N. The van der Waals surface area contributed by atoms with Crippen LogP contribution in [0, 0.1) is 20.8 Å². The Morgan fingerprint density at radius 2 is 0.800 bits per heavy atom. The first kappa shape index (κ1) is 32.8. The maximum Gasteiger partial charge on any atom is 0.0702 e. The third-order valence-electron chi connectivity index (χ3n) is 11.4. The SMILES string of the molecule is Cc1cc(C)c(-c2ccc(-c3c4ccccc4c(-c4ccc(-c5ccc(-c6ccc7ccccc7c6)nc5)cc4)c4ccccc34)c3ccccc23)c(C)c1. The number of benzene rings is 9. The van der Waals surface area contributed by atoms with Gasteiger partial charge < -0.3 is 0 Å². The van der Waals surface area contributed by atoms with E-state index in [0.717, 1.165) is 22.4 Å². The third-order valence-corrected chi connectivity index (χ3v) is 11.4. The smallest absolute Gasteiger partial charge is 0.0702 e. The molecule has 1 heteroatoms. The van der Waals surface area contributed by atoms with Crippen molar-refractivity contribution in [1.29, 1.82) is 0 Å². The second kappa shape index (κ2) is 13.2. The fourth-order valence-corrected chi connectivity index (χ4v) is 8.98. The fourth-order valence-electron chi connectivity index (χ4n) is 8.98. The van der Waals surface area contributed by atoms with Crippen molar-refractivity contribution in [2.45, 2.75) is 20.8 Å². The normalized spacial score (nSPS) is 11.5. The highest BCUT2D eigenvalue weighted by molar-refractivity contribution is 6.24. The number of rotatable bonds is 5. The second-order valence-electron chi connectivity index (χ2n) is 14.9. The number of hydrogen-bond donors (Lipinski definition) is 0. The summed E-state index contributed by atoms with van der Waals surface area (Å²) in [5, 5.41) is 10.0. The average Bonchev–Trinajstić information content (AvgIpc) is 3.22. The molecule has 10 rings (SSSR count). The maximum absolute atomic E-state index is 4.89. The molecule has 0 radical (unpaired) electrons. The predicted octanol–water partition coefficient (Wildman–Crippen LogP) is 15.0. The Balaban J connectivity index is 1.09. The molecule has 0 aliphatic heterocycles. The van der Waals surface area contributed by atoms with Crippen LogP contribution in [0.4, 0.5) is 0 Å². The summed E-state index contributed by atoms with van der Waals surface area (Å²) < 4.78 is 0. The molecule has 260 valence electrons. The van der Waals surface area contributed by atoms with Gasteiger partial charge in [0.25, 0.3) is 0 Å². The van der Waals surface area contributed by atoms with Crippen LogP contribution in [0.15, 0.2) is 182 Å². The minimum absolute atomic E-state index is 0.979. The molecule has 0 N–H and O–H groups in total. The maximum atomic E-state index is 4.89. The molecular weight excluding hydrogens is 663 g/mol. The van der Waals surface area contributed by atoms with E-state index in [2.05, 4.69) is 197 Å². The largest absolute Gasteiger partial charge is 0.256 e. The van der Waals surface area contributed by atoms with Crippen molar-refractivity contribution in [1.82, 2.24) is 4.98 Å². The van der Waals surface area contributed by atoms with Crippen molar-refractivity contribution < 1.29 is 0 Å². The average molecular weight is 702 g/mol. The van der Waals surface area contributed by atoms with Crippen LogP contribution in [-0.4, -0.2) is 4.98 Å². The van der Waals surface area contributed by atoms with Gasteiger partial charge in [-0.2, -0.15) is 0 Å². The number of aryl methyl sites for hydroxylation is 3. The Hall–Kier alpha value is -6.83. The van der Waals surface area contributed by atoms with Crippen LogP contribution < -0.4 is 0 Å². The molecule has 0 spiro atoms. The first-order valence-electron chi connectivity index (χ1n) is 19.1. The van der Waals surface area contributed by atoms with E-state index < -0.39 is 0 Å². The highest BCUT2D eigenvalue weighted by Gasteiger charge is 2.20. The number of nitrogens with zero attached hydrogens (tertiary/aromatic N) is 1. The first-order chi connectivity index (χ1) is 27.0. The lowest BCUT2D eigenvalue weighted by molar-refractivity contribution is 1.32. The van der Waals surface area contributed by atoms with Crippen LogP contribution >= 0.6 is 0 Å². The van der Waals surface area contributed by atoms with Crippen LogP contribution in [0.3, 0.4) is 0 Å². The minimum atomic E-state index is 0.979. The molecule has 0 aliphatic carbocycles. The highest BCUT2D eigenvalue weighted by atomic mass is 14.7. The molecule has 0 fully saturated rings. The zero-order chi connectivity index (χ0) is 37.0. The molecule has 9 aromatic carbocycles. The molecule has 55 heavy (non-hydrogen) atoms. The second-order valence-corrected chi connectivity index (χ2v) is 14.9. The van der Waals surface area contributed by atoms with Crippen molar-refractivity contribution in [3.05, 3.63) is 199 Å². The van der Waals surface area contributed by atoms with E-state index in [0.29, 0.717) is 0 Å². The molecule has 0 saturated heterocycles. The van der Waals surface area contributed by atoms with Gasteiger partial charge in [-0.05, 0) is 126 Å². The van der Waals surface area contributed by atoms with Gasteiger partial charge in [0.2, 0.25) is 0 Å². The molecule has 0 atom stereocenters. The summed E-state index contributed by atoms with van der Waals surface area (Å²) in [6.07, 6.45) is 2.00. The van der Waals surface area contributed by atoms with E-state index in [1.807, 2.05) is 6.20 Å². The lowest BCUT2D eigenvalue weighted by atomic mass is 9.83. The van der Waals surface area contributed by atoms with Gasteiger partial charge in [-0.1, -0.05) is 169 Å². The minimum Gasteiger partial charge on any atom is -0.256 e. The lowest BCUT2D eigenvalue weighted by Crippen LogP contribution is -1.94. The van der Waals surface area contributed by atoms with Crippen molar-refractivity contribution in [2.24, 2.45) is 0 Å². The van der Waals surface area contributed by atoms with Gasteiger partial charge in [-0.15, -0.1) is 0 Å². The van der Waals surface area contributed by atoms with Crippen LogP contribution in [0.25, 0.3) is 98.9 Å². The fraction of sp³-hybridized carbons (Fsp3) is 0.0556. The Morgan fingerprint density at radius 1 is 0.327 bits per heavy atom. The first-order valence-corrected chi connectivity index (χ1v) is 19.1. The summed E-state index contributed by atoms with van der Waals surface area (Å²) in [4.78, 5) is 4.89. The molecule has 0 amide bonds. The summed E-state index contributed by atoms with van der Waals surface area (Å²) >= 11 is 0. The van der Waals surface area contributed by atoms with Gasteiger partial charge in [0, 0.05) is 17.3 Å². The van der Waals surface area contributed by atoms with E-state index in [9.17, 15) is 0 Å².